The van der Waals surface area contributed by atoms with E-state index in [1.165, 1.54) is 11.8 Å². The Hall–Kier alpha value is -2.36. The molecular formula is C28H40ClN3O4S2. The predicted molar refractivity (Wildman–Crippen MR) is 158 cm³/mol. The zero-order chi connectivity index (χ0) is 28.8. The first kappa shape index (κ1) is 33.7. The number of benzene rings is 1. The lowest BCUT2D eigenvalue weighted by molar-refractivity contribution is 0.0831. The molecule has 0 saturated carbocycles. The number of ether oxygens (including phenoxy) is 1. The first-order valence-corrected chi connectivity index (χ1v) is 15.5. The fraction of sp³-hybridized carbons (Fsp3) is 0.464. The maximum atomic E-state index is 12.1. The molecule has 2 aromatic heterocycles. The second kappa shape index (κ2) is 17.3. The van der Waals surface area contributed by atoms with Gasteiger partial charge >= 0.3 is 6.09 Å². The third-order valence-electron chi connectivity index (χ3n) is 4.94. The van der Waals surface area contributed by atoms with Gasteiger partial charge in [-0.05, 0) is 56.3 Å². The van der Waals surface area contributed by atoms with E-state index in [4.69, 9.17) is 25.7 Å². The number of nitrogens with zero attached hydrogens (tertiary/aromatic N) is 3. The van der Waals surface area contributed by atoms with Crippen LogP contribution in [0.25, 0.3) is 11.3 Å². The standard InChI is InChI=1S/C24H28ClN3O4S2.2C2H6/c1-15(2)31-24(29)28(4)13-12-16(3)22-27-21(17-6-9-19(10-7-17)34(5)30)23(32-22)33-20-11-8-18(25)14-26-20;2*1-2/h6-11,14-16H,12-13H2,1-5H3;2*1-2H3. The molecule has 210 valence electrons. The molecule has 2 unspecified atom stereocenters. The zero-order valence-electron chi connectivity index (χ0n) is 23.8. The van der Waals surface area contributed by atoms with Gasteiger partial charge in [-0.2, -0.15) is 0 Å². The molecule has 0 saturated heterocycles. The third kappa shape index (κ3) is 10.4. The third-order valence-corrected chi connectivity index (χ3v) is 7.01. The van der Waals surface area contributed by atoms with E-state index in [9.17, 15) is 9.00 Å². The molecule has 10 heteroatoms. The van der Waals surface area contributed by atoms with E-state index in [-0.39, 0.29) is 18.1 Å². The van der Waals surface area contributed by atoms with Crippen molar-refractivity contribution in [3.05, 3.63) is 53.5 Å². The molecule has 3 aromatic rings. The molecule has 0 radical (unpaired) electrons. The summed E-state index contributed by atoms with van der Waals surface area (Å²) in [6.45, 7) is 14.2. The van der Waals surface area contributed by atoms with Crippen molar-refractivity contribution in [1.82, 2.24) is 14.9 Å². The minimum atomic E-state index is -1.06. The van der Waals surface area contributed by atoms with Gasteiger partial charge in [0.05, 0.1) is 11.1 Å². The quantitative estimate of drug-likeness (QED) is 0.251. The Balaban J connectivity index is 0.00000172. The van der Waals surface area contributed by atoms with Crippen LogP contribution in [0.15, 0.2) is 62.0 Å². The van der Waals surface area contributed by atoms with Crippen molar-refractivity contribution in [2.24, 2.45) is 0 Å². The monoisotopic (exact) mass is 581 g/mol. The largest absolute Gasteiger partial charge is 0.447 e. The molecule has 1 amide bonds. The van der Waals surface area contributed by atoms with Gasteiger partial charge in [-0.3, -0.25) is 4.21 Å². The van der Waals surface area contributed by atoms with Gasteiger partial charge in [0.2, 0.25) is 0 Å². The van der Waals surface area contributed by atoms with E-state index in [1.807, 2.05) is 78.8 Å². The smallest absolute Gasteiger partial charge is 0.409 e. The van der Waals surface area contributed by atoms with Crippen LogP contribution in [0.4, 0.5) is 4.79 Å². The molecule has 38 heavy (non-hydrogen) atoms. The number of carbonyl (C=O) groups excluding carboxylic acids is 1. The van der Waals surface area contributed by atoms with Crippen molar-refractivity contribution < 1.29 is 18.2 Å². The topological polar surface area (TPSA) is 85.5 Å². The Labute approximate surface area is 239 Å². The van der Waals surface area contributed by atoms with Gasteiger partial charge in [-0.25, -0.2) is 14.8 Å². The Morgan fingerprint density at radius 2 is 1.74 bits per heavy atom. The molecule has 7 nitrogen and oxygen atoms in total. The van der Waals surface area contributed by atoms with Crippen molar-refractivity contribution in [3.8, 4) is 11.3 Å². The van der Waals surface area contributed by atoms with Gasteiger partial charge in [0.25, 0.3) is 0 Å². The molecular weight excluding hydrogens is 542 g/mol. The van der Waals surface area contributed by atoms with Crippen LogP contribution in [0.1, 0.15) is 66.7 Å². The van der Waals surface area contributed by atoms with E-state index >= 15 is 0 Å². The summed E-state index contributed by atoms with van der Waals surface area (Å²) >= 11 is 7.33. The molecule has 0 fully saturated rings. The number of pyridine rings is 1. The summed E-state index contributed by atoms with van der Waals surface area (Å²) in [4.78, 5) is 23.5. The van der Waals surface area contributed by atoms with Crippen molar-refractivity contribution in [2.45, 2.75) is 81.9 Å². The summed E-state index contributed by atoms with van der Waals surface area (Å²) in [6, 6.07) is 11.0. The fourth-order valence-electron chi connectivity index (χ4n) is 3.00. The summed E-state index contributed by atoms with van der Waals surface area (Å²) in [7, 11) is 0.649. The number of oxazole rings is 1. The van der Waals surface area contributed by atoms with Gasteiger partial charge in [-0.1, -0.05) is 58.4 Å². The van der Waals surface area contributed by atoms with Crippen molar-refractivity contribution >= 4 is 40.3 Å². The van der Waals surface area contributed by atoms with Crippen LogP contribution in [0, 0.1) is 0 Å². The average Bonchev–Trinajstić information content (AvgIpc) is 3.34. The number of amides is 1. The Morgan fingerprint density at radius 1 is 1.11 bits per heavy atom. The minimum Gasteiger partial charge on any atom is -0.447 e. The lowest BCUT2D eigenvalue weighted by Crippen LogP contribution is -2.30. The zero-order valence-corrected chi connectivity index (χ0v) is 26.2. The van der Waals surface area contributed by atoms with Crippen LogP contribution in [0.3, 0.4) is 0 Å². The van der Waals surface area contributed by atoms with Gasteiger partial charge in [0, 0.05) is 53.2 Å². The molecule has 0 aliphatic heterocycles. The van der Waals surface area contributed by atoms with E-state index in [2.05, 4.69) is 4.98 Å². The van der Waals surface area contributed by atoms with E-state index in [1.54, 1.807) is 30.5 Å². The van der Waals surface area contributed by atoms with Gasteiger partial charge < -0.3 is 14.1 Å². The Morgan fingerprint density at radius 3 is 2.26 bits per heavy atom. The molecule has 0 N–H and O–H groups in total. The molecule has 2 heterocycles. The first-order chi connectivity index (χ1) is 18.1. The molecule has 1 aromatic carbocycles. The number of hydrogen-bond donors (Lipinski definition) is 0. The Kier molecular flexibility index (Phi) is 15.3. The van der Waals surface area contributed by atoms with E-state index in [0.29, 0.717) is 34.7 Å². The molecule has 0 spiro atoms. The highest BCUT2D eigenvalue weighted by atomic mass is 35.5. The second-order valence-electron chi connectivity index (χ2n) is 8.13. The lowest BCUT2D eigenvalue weighted by atomic mass is 10.1. The van der Waals surface area contributed by atoms with Crippen molar-refractivity contribution in [1.29, 1.82) is 0 Å². The molecule has 2 atom stereocenters. The van der Waals surface area contributed by atoms with E-state index in [0.717, 1.165) is 15.5 Å². The highest BCUT2D eigenvalue weighted by molar-refractivity contribution is 7.99. The molecule has 0 aliphatic rings. The van der Waals surface area contributed by atoms with Crippen molar-refractivity contribution in [3.63, 3.8) is 0 Å². The summed E-state index contributed by atoms with van der Waals surface area (Å²) < 4.78 is 23.2. The number of carbonyl (C=O) groups is 1. The van der Waals surface area contributed by atoms with Crippen LogP contribution in [0.5, 0.6) is 0 Å². The fourth-order valence-corrected chi connectivity index (χ4v) is 4.45. The van der Waals surface area contributed by atoms with Crippen LogP contribution in [0.2, 0.25) is 5.02 Å². The summed E-state index contributed by atoms with van der Waals surface area (Å²) in [5.41, 5.74) is 1.54. The molecule has 0 bridgehead atoms. The van der Waals surface area contributed by atoms with Crippen LogP contribution in [-0.2, 0) is 15.5 Å². The highest BCUT2D eigenvalue weighted by Crippen LogP contribution is 2.38. The predicted octanol–water partition coefficient (Wildman–Crippen LogP) is 8.30. The van der Waals surface area contributed by atoms with Crippen LogP contribution < -0.4 is 0 Å². The highest BCUT2D eigenvalue weighted by Gasteiger charge is 2.22. The average molecular weight is 582 g/mol. The SMILES string of the molecule is CC.CC.CC(C)OC(=O)N(C)CCC(C)c1nc(-c2ccc(S(C)=O)cc2)c(Sc2ccc(Cl)cn2)o1. The van der Waals surface area contributed by atoms with Crippen molar-refractivity contribution in [2.75, 3.05) is 19.8 Å². The Bertz CT molecular complexity index is 1140. The summed E-state index contributed by atoms with van der Waals surface area (Å²) in [6.07, 6.45) is 3.36. The molecule has 0 aliphatic carbocycles. The minimum absolute atomic E-state index is 0.0389. The second-order valence-corrected chi connectivity index (χ2v) is 10.9. The number of hydrogen-bond acceptors (Lipinski definition) is 7. The maximum absolute atomic E-state index is 12.1. The number of halogens is 1. The maximum Gasteiger partial charge on any atom is 0.409 e. The number of aromatic nitrogens is 2. The normalized spacial score (nSPS) is 12.0. The van der Waals surface area contributed by atoms with Gasteiger partial charge in [0.15, 0.2) is 11.0 Å². The number of rotatable bonds is 9. The van der Waals surface area contributed by atoms with Crippen LogP contribution in [-0.4, -0.2) is 51.1 Å². The van der Waals surface area contributed by atoms with Crippen LogP contribution >= 0.6 is 23.4 Å². The van der Waals surface area contributed by atoms with Gasteiger partial charge in [-0.15, -0.1) is 0 Å². The summed E-state index contributed by atoms with van der Waals surface area (Å²) in [5, 5.41) is 1.89. The molecule has 3 rings (SSSR count). The van der Waals surface area contributed by atoms with E-state index < -0.39 is 10.8 Å². The summed E-state index contributed by atoms with van der Waals surface area (Å²) in [5.74, 6) is 0.531. The first-order valence-electron chi connectivity index (χ1n) is 12.8. The lowest BCUT2D eigenvalue weighted by Gasteiger charge is -2.19. The van der Waals surface area contributed by atoms with Gasteiger partial charge in [0.1, 0.15) is 10.7 Å².